The number of aryl methyl sites for hydroxylation is 1. The predicted octanol–water partition coefficient (Wildman–Crippen LogP) is 4.44. The van der Waals surface area contributed by atoms with Crippen molar-refractivity contribution in [3.05, 3.63) is 82.2 Å². The van der Waals surface area contributed by atoms with E-state index in [1.54, 1.807) is 12.3 Å². The maximum Gasteiger partial charge on any atom is 0.433 e. The summed E-state index contributed by atoms with van der Waals surface area (Å²) in [6, 6.07) is 11.2. The second-order valence-electron chi connectivity index (χ2n) is 7.65. The van der Waals surface area contributed by atoms with Gasteiger partial charge in [-0.15, -0.1) is 0 Å². The molecule has 158 valence electrons. The number of nitrogens with one attached hydrogen (secondary N) is 2. The largest absolute Gasteiger partial charge is 0.433 e. The Labute approximate surface area is 175 Å². The van der Waals surface area contributed by atoms with Gasteiger partial charge in [0.1, 0.15) is 5.69 Å². The van der Waals surface area contributed by atoms with Gasteiger partial charge in [0.15, 0.2) is 0 Å². The summed E-state index contributed by atoms with van der Waals surface area (Å²) in [6.07, 6.45) is 0.335. The zero-order chi connectivity index (χ0) is 21.6. The zero-order valence-corrected chi connectivity index (χ0v) is 16.5. The van der Waals surface area contributed by atoms with Gasteiger partial charge in [-0.1, -0.05) is 12.1 Å². The fourth-order valence-electron chi connectivity index (χ4n) is 4.07. The number of aromatic nitrogens is 3. The third-order valence-corrected chi connectivity index (χ3v) is 5.65. The lowest BCUT2D eigenvalue weighted by Crippen LogP contribution is -2.16. The molecule has 0 spiro atoms. The van der Waals surface area contributed by atoms with Crippen molar-refractivity contribution in [3.63, 3.8) is 0 Å². The van der Waals surface area contributed by atoms with Crippen LogP contribution < -0.4 is 10.9 Å². The van der Waals surface area contributed by atoms with Crippen LogP contribution in [0.25, 0.3) is 27.7 Å². The first-order chi connectivity index (χ1) is 14.9. The molecule has 31 heavy (non-hydrogen) atoms. The molecule has 1 aliphatic heterocycles. The number of nitrogens with zero attached hydrogens (tertiary/aromatic N) is 2. The van der Waals surface area contributed by atoms with Crippen LogP contribution in [0.1, 0.15) is 23.4 Å². The number of fused-ring (bicyclic) bond motifs is 3. The van der Waals surface area contributed by atoms with Gasteiger partial charge in [0, 0.05) is 47.2 Å². The summed E-state index contributed by atoms with van der Waals surface area (Å²) >= 11 is 0. The van der Waals surface area contributed by atoms with Crippen molar-refractivity contribution in [2.75, 3.05) is 6.54 Å². The van der Waals surface area contributed by atoms with E-state index in [4.69, 9.17) is 0 Å². The lowest BCUT2D eigenvalue weighted by atomic mass is 10.1. The van der Waals surface area contributed by atoms with Crippen LogP contribution in [0, 0.1) is 0 Å². The number of aromatic amines is 1. The van der Waals surface area contributed by atoms with Crippen LogP contribution in [0.4, 0.5) is 13.2 Å². The molecule has 0 fully saturated rings. The van der Waals surface area contributed by atoms with Crippen molar-refractivity contribution in [1.82, 2.24) is 19.9 Å². The van der Waals surface area contributed by atoms with Crippen LogP contribution in [0.5, 0.6) is 0 Å². The Morgan fingerprint density at radius 3 is 2.65 bits per heavy atom. The highest BCUT2D eigenvalue weighted by Gasteiger charge is 2.32. The number of rotatable bonds is 2. The molecule has 4 aromatic rings. The van der Waals surface area contributed by atoms with Gasteiger partial charge in [-0.2, -0.15) is 13.2 Å². The molecule has 0 aliphatic carbocycles. The highest BCUT2D eigenvalue weighted by Crippen LogP contribution is 2.29. The molecule has 5 rings (SSSR count). The normalized spacial score (nSPS) is 14.4. The van der Waals surface area contributed by atoms with Crippen LogP contribution >= 0.6 is 0 Å². The molecule has 0 unspecified atom stereocenters. The van der Waals surface area contributed by atoms with Gasteiger partial charge in [0.25, 0.3) is 5.56 Å². The molecule has 4 heterocycles. The number of hydrogen-bond donors (Lipinski definition) is 2. The minimum absolute atomic E-state index is 0.272. The molecule has 0 atom stereocenters. The second kappa shape index (κ2) is 7.39. The Morgan fingerprint density at radius 1 is 1.03 bits per heavy atom. The Morgan fingerprint density at radius 2 is 1.90 bits per heavy atom. The average Bonchev–Trinajstić information content (AvgIpc) is 2.93. The molecule has 1 aliphatic rings. The van der Waals surface area contributed by atoms with Crippen LogP contribution in [0.2, 0.25) is 0 Å². The summed E-state index contributed by atoms with van der Waals surface area (Å²) in [4.78, 5) is 19.7. The van der Waals surface area contributed by atoms with Gasteiger partial charge < -0.3 is 10.3 Å². The van der Waals surface area contributed by atoms with Crippen molar-refractivity contribution >= 4 is 10.9 Å². The van der Waals surface area contributed by atoms with Crippen molar-refractivity contribution in [2.45, 2.75) is 25.6 Å². The van der Waals surface area contributed by atoms with E-state index in [0.29, 0.717) is 11.1 Å². The minimum atomic E-state index is -4.49. The SMILES string of the molecule is O=c1cc(-c2ccc(C(F)(F)F)nc2)ccn1-c1ccc2c3c([nH]c2c1)CCCNC3. The summed E-state index contributed by atoms with van der Waals surface area (Å²) in [5.74, 6) is 0. The Hall–Kier alpha value is -3.39. The van der Waals surface area contributed by atoms with Gasteiger partial charge in [-0.05, 0) is 54.8 Å². The van der Waals surface area contributed by atoms with Crippen molar-refractivity contribution in [1.29, 1.82) is 0 Å². The van der Waals surface area contributed by atoms with E-state index in [1.165, 1.54) is 28.0 Å². The molecule has 0 bridgehead atoms. The number of halogens is 3. The Kier molecular flexibility index (Phi) is 4.66. The molecule has 0 radical (unpaired) electrons. The number of benzene rings is 1. The molecule has 2 N–H and O–H groups in total. The summed E-state index contributed by atoms with van der Waals surface area (Å²) in [6.45, 7) is 1.82. The minimum Gasteiger partial charge on any atom is -0.358 e. The van der Waals surface area contributed by atoms with E-state index < -0.39 is 11.9 Å². The summed E-state index contributed by atoms with van der Waals surface area (Å²) in [5.41, 5.74) is 3.94. The van der Waals surface area contributed by atoms with E-state index in [1.807, 2.05) is 18.2 Å². The molecule has 0 amide bonds. The fraction of sp³-hybridized carbons (Fsp3) is 0.217. The first kappa shape index (κ1) is 19.6. The molecule has 5 nitrogen and oxygen atoms in total. The van der Waals surface area contributed by atoms with Crippen molar-refractivity contribution in [2.24, 2.45) is 0 Å². The van der Waals surface area contributed by atoms with Crippen LogP contribution in [0.3, 0.4) is 0 Å². The van der Waals surface area contributed by atoms with E-state index in [2.05, 4.69) is 15.3 Å². The molecule has 3 aromatic heterocycles. The molecule has 1 aromatic carbocycles. The van der Waals surface area contributed by atoms with Gasteiger partial charge in [0.05, 0.1) is 5.69 Å². The third kappa shape index (κ3) is 3.63. The van der Waals surface area contributed by atoms with E-state index in [9.17, 15) is 18.0 Å². The van der Waals surface area contributed by atoms with Crippen LogP contribution in [0.15, 0.2) is 59.7 Å². The van der Waals surface area contributed by atoms with Gasteiger partial charge >= 0.3 is 6.18 Å². The first-order valence-electron chi connectivity index (χ1n) is 10.0. The molecular formula is C23H19F3N4O. The quantitative estimate of drug-likeness (QED) is 0.500. The number of pyridine rings is 2. The summed E-state index contributed by atoms with van der Waals surface area (Å²) in [7, 11) is 0. The second-order valence-corrected chi connectivity index (χ2v) is 7.65. The lowest BCUT2D eigenvalue weighted by molar-refractivity contribution is -0.141. The number of H-pyrrole nitrogens is 1. The Bertz CT molecular complexity index is 1320. The highest BCUT2D eigenvalue weighted by atomic mass is 19.4. The van der Waals surface area contributed by atoms with Crippen LogP contribution in [-0.4, -0.2) is 21.1 Å². The molecule has 8 heteroatoms. The highest BCUT2D eigenvalue weighted by molar-refractivity contribution is 5.86. The zero-order valence-electron chi connectivity index (χ0n) is 16.5. The van der Waals surface area contributed by atoms with E-state index in [-0.39, 0.29) is 5.56 Å². The Balaban J connectivity index is 1.49. The molecule has 0 saturated carbocycles. The predicted molar refractivity (Wildman–Crippen MR) is 112 cm³/mol. The van der Waals surface area contributed by atoms with E-state index in [0.717, 1.165) is 54.8 Å². The van der Waals surface area contributed by atoms with E-state index >= 15 is 0 Å². The standard InChI is InChI=1S/C23H19F3N4O/c24-23(25,26)21-6-3-15(12-28-21)14-7-9-30(22(31)10-14)16-4-5-17-18-13-27-8-1-2-19(18)29-20(17)11-16/h3-7,9-12,27,29H,1-2,8,13H2. The topological polar surface area (TPSA) is 62.7 Å². The molecular weight excluding hydrogens is 405 g/mol. The van der Waals surface area contributed by atoms with Crippen molar-refractivity contribution in [3.8, 4) is 16.8 Å². The monoisotopic (exact) mass is 424 g/mol. The van der Waals surface area contributed by atoms with Gasteiger partial charge in [-0.3, -0.25) is 14.3 Å². The number of alkyl halides is 3. The maximum atomic E-state index is 12.8. The fourth-order valence-corrected chi connectivity index (χ4v) is 4.07. The lowest BCUT2D eigenvalue weighted by Gasteiger charge is -2.09. The maximum absolute atomic E-state index is 12.8. The van der Waals surface area contributed by atoms with Crippen molar-refractivity contribution < 1.29 is 13.2 Å². The van der Waals surface area contributed by atoms with Gasteiger partial charge in [-0.25, -0.2) is 0 Å². The average molecular weight is 424 g/mol. The van der Waals surface area contributed by atoms with Crippen LogP contribution in [-0.2, 0) is 19.1 Å². The number of hydrogen-bond acceptors (Lipinski definition) is 3. The van der Waals surface area contributed by atoms with Gasteiger partial charge in [0.2, 0.25) is 0 Å². The third-order valence-electron chi connectivity index (χ3n) is 5.65. The summed E-state index contributed by atoms with van der Waals surface area (Å²) < 4.78 is 39.7. The first-order valence-corrected chi connectivity index (χ1v) is 10.0. The summed E-state index contributed by atoms with van der Waals surface area (Å²) in [5, 5.41) is 4.57. The molecule has 0 saturated heterocycles. The smallest absolute Gasteiger partial charge is 0.358 e.